The van der Waals surface area contributed by atoms with Crippen LogP contribution >= 0.6 is 0 Å². The summed E-state index contributed by atoms with van der Waals surface area (Å²) in [5.41, 5.74) is 0.195. The number of aliphatic hydroxyl groups excluding tert-OH is 1. The molecule has 2 aromatic rings. The van der Waals surface area contributed by atoms with Crippen LogP contribution in [0.3, 0.4) is 0 Å². The number of hydrogen-bond acceptors (Lipinski definition) is 3. The molecule has 1 aliphatic rings. The number of likely N-dealkylation sites (tertiary alicyclic amines) is 1. The van der Waals surface area contributed by atoms with E-state index in [4.69, 9.17) is 0 Å². The molecular formula is C17H18F3N3O2. The maximum absolute atomic E-state index is 12.9. The number of aliphatic hydroxyl groups is 1. The molecule has 2 atom stereocenters. The van der Waals surface area contributed by atoms with E-state index >= 15 is 0 Å². The Balaban J connectivity index is 1.83. The summed E-state index contributed by atoms with van der Waals surface area (Å²) in [6.07, 6.45) is -3.23. The van der Waals surface area contributed by atoms with Crippen molar-refractivity contribution in [1.82, 2.24) is 14.7 Å². The van der Waals surface area contributed by atoms with Crippen LogP contribution in [0.2, 0.25) is 0 Å². The van der Waals surface area contributed by atoms with E-state index in [9.17, 15) is 23.1 Å². The van der Waals surface area contributed by atoms with Crippen LogP contribution in [0, 0.1) is 0 Å². The molecule has 1 aromatic heterocycles. The molecule has 1 saturated heterocycles. The number of rotatable bonds is 3. The Bertz CT molecular complexity index is 772. The van der Waals surface area contributed by atoms with Crippen LogP contribution in [0.15, 0.2) is 36.5 Å². The van der Waals surface area contributed by atoms with E-state index in [1.165, 1.54) is 11.0 Å². The van der Waals surface area contributed by atoms with Gasteiger partial charge in [-0.15, -0.1) is 0 Å². The number of halogens is 3. The Morgan fingerprint density at radius 2 is 2.12 bits per heavy atom. The van der Waals surface area contributed by atoms with Crippen molar-refractivity contribution in [1.29, 1.82) is 0 Å². The van der Waals surface area contributed by atoms with Gasteiger partial charge in [0.05, 0.1) is 29.8 Å². The van der Waals surface area contributed by atoms with Crippen molar-refractivity contribution in [2.24, 2.45) is 7.05 Å². The SMILES string of the molecule is Cn1ccc(CC(=O)N2CC(O)CC2c2cccc(C(F)(F)F)c2)n1. The second-order valence-corrected chi connectivity index (χ2v) is 6.23. The van der Waals surface area contributed by atoms with Crippen molar-refractivity contribution in [2.75, 3.05) is 6.54 Å². The molecule has 0 bridgehead atoms. The Morgan fingerprint density at radius 3 is 2.76 bits per heavy atom. The van der Waals surface area contributed by atoms with E-state index < -0.39 is 23.9 Å². The van der Waals surface area contributed by atoms with Crippen LogP contribution in [0.4, 0.5) is 13.2 Å². The van der Waals surface area contributed by atoms with Crippen molar-refractivity contribution in [3.05, 3.63) is 53.3 Å². The van der Waals surface area contributed by atoms with Crippen LogP contribution in [0.25, 0.3) is 0 Å². The number of carbonyl (C=O) groups excluding carboxylic acids is 1. The maximum atomic E-state index is 12.9. The summed E-state index contributed by atoms with van der Waals surface area (Å²) in [7, 11) is 1.74. The number of benzene rings is 1. The van der Waals surface area contributed by atoms with Gasteiger partial charge in [0, 0.05) is 19.8 Å². The lowest BCUT2D eigenvalue weighted by Gasteiger charge is -2.25. The van der Waals surface area contributed by atoms with Gasteiger partial charge in [-0.2, -0.15) is 18.3 Å². The van der Waals surface area contributed by atoms with Gasteiger partial charge in [-0.25, -0.2) is 0 Å². The molecule has 1 fully saturated rings. The van der Waals surface area contributed by atoms with Crippen molar-refractivity contribution < 1.29 is 23.1 Å². The minimum atomic E-state index is -4.45. The number of hydrogen-bond donors (Lipinski definition) is 1. The Labute approximate surface area is 142 Å². The minimum Gasteiger partial charge on any atom is -0.391 e. The topological polar surface area (TPSA) is 58.4 Å². The minimum absolute atomic E-state index is 0.0447. The highest BCUT2D eigenvalue weighted by molar-refractivity contribution is 5.79. The van der Waals surface area contributed by atoms with E-state index in [0.717, 1.165) is 12.1 Å². The smallest absolute Gasteiger partial charge is 0.391 e. The molecule has 5 nitrogen and oxygen atoms in total. The van der Waals surface area contributed by atoms with Crippen molar-refractivity contribution >= 4 is 5.91 Å². The number of β-amino-alcohol motifs (C(OH)–C–C–N with tert-alkyl or cyclic N) is 1. The third-order valence-electron chi connectivity index (χ3n) is 4.30. The highest BCUT2D eigenvalue weighted by Gasteiger charge is 2.37. The van der Waals surface area contributed by atoms with Gasteiger partial charge in [-0.05, 0) is 30.2 Å². The summed E-state index contributed by atoms with van der Waals surface area (Å²) in [5, 5.41) is 14.1. The first-order chi connectivity index (χ1) is 11.7. The van der Waals surface area contributed by atoms with Crippen LogP contribution in [0.1, 0.15) is 29.3 Å². The molecule has 1 aliphatic heterocycles. The van der Waals surface area contributed by atoms with Gasteiger partial charge in [0.1, 0.15) is 0 Å². The third kappa shape index (κ3) is 3.84. The molecule has 0 saturated carbocycles. The number of carbonyl (C=O) groups is 1. The fraction of sp³-hybridized carbons (Fsp3) is 0.412. The first-order valence-corrected chi connectivity index (χ1v) is 7.87. The predicted octanol–water partition coefficient (Wildman–Crippen LogP) is 2.32. The average Bonchev–Trinajstić information content (AvgIpc) is 3.12. The van der Waals surface area contributed by atoms with Crippen LogP contribution in [0.5, 0.6) is 0 Å². The van der Waals surface area contributed by atoms with E-state index in [1.807, 2.05) is 0 Å². The Kier molecular flexibility index (Phi) is 4.55. The summed E-state index contributed by atoms with van der Waals surface area (Å²) >= 11 is 0. The first-order valence-electron chi connectivity index (χ1n) is 7.87. The average molecular weight is 353 g/mol. The monoisotopic (exact) mass is 353 g/mol. The Hall–Kier alpha value is -2.35. The van der Waals surface area contributed by atoms with E-state index in [0.29, 0.717) is 11.3 Å². The van der Waals surface area contributed by atoms with Gasteiger partial charge in [-0.3, -0.25) is 9.48 Å². The van der Waals surface area contributed by atoms with Gasteiger partial charge >= 0.3 is 6.18 Å². The number of amides is 1. The quantitative estimate of drug-likeness (QED) is 0.921. The van der Waals surface area contributed by atoms with Gasteiger partial charge in [0.25, 0.3) is 0 Å². The fourth-order valence-electron chi connectivity index (χ4n) is 3.14. The molecule has 1 N–H and O–H groups in total. The zero-order valence-corrected chi connectivity index (χ0v) is 13.6. The lowest BCUT2D eigenvalue weighted by atomic mass is 10.0. The van der Waals surface area contributed by atoms with Gasteiger partial charge in [-0.1, -0.05) is 12.1 Å². The lowest BCUT2D eigenvalue weighted by molar-refractivity contribution is -0.137. The molecule has 0 spiro atoms. The molecular weight excluding hydrogens is 335 g/mol. The standard InChI is InChI=1S/C17H18F3N3O2/c1-22-6-5-13(21-22)8-16(25)23-10-14(24)9-15(23)11-3-2-4-12(7-11)17(18,19)20/h2-7,14-15,24H,8-10H2,1H3. The van der Waals surface area contributed by atoms with E-state index in [1.54, 1.807) is 30.1 Å². The first kappa shape index (κ1) is 17.5. The second-order valence-electron chi connectivity index (χ2n) is 6.23. The molecule has 2 unspecified atom stereocenters. The fourth-order valence-corrected chi connectivity index (χ4v) is 3.14. The van der Waals surface area contributed by atoms with E-state index in [-0.39, 0.29) is 25.3 Å². The Morgan fingerprint density at radius 1 is 1.36 bits per heavy atom. The van der Waals surface area contributed by atoms with Crippen LogP contribution in [-0.2, 0) is 24.4 Å². The number of aromatic nitrogens is 2. The summed E-state index contributed by atoms with van der Waals surface area (Å²) in [6.45, 7) is 0.104. The highest BCUT2D eigenvalue weighted by Crippen LogP contribution is 2.36. The number of aryl methyl sites for hydroxylation is 1. The van der Waals surface area contributed by atoms with Crippen molar-refractivity contribution in [2.45, 2.75) is 31.2 Å². The number of alkyl halides is 3. The zero-order valence-electron chi connectivity index (χ0n) is 13.6. The molecule has 1 aromatic carbocycles. The maximum Gasteiger partial charge on any atom is 0.416 e. The number of nitrogens with zero attached hydrogens (tertiary/aromatic N) is 3. The molecule has 25 heavy (non-hydrogen) atoms. The van der Waals surface area contributed by atoms with Crippen LogP contribution in [-0.4, -0.2) is 38.3 Å². The lowest BCUT2D eigenvalue weighted by Crippen LogP contribution is -2.33. The predicted molar refractivity (Wildman–Crippen MR) is 83.4 cm³/mol. The molecule has 1 amide bonds. The summed E-state index contributed by atoms with van der Waals surface area (Å²) in [5.74, 6) is -0.266. The molecule has 134 valence electrons. The molecule has 8 heteroatoms. The summed E-state index contributed by atoms with van der Waals surface area (Å²) in [4.78, 5) is 14.0. The molecule has 0 aliphatic carbocycles. The zero-order chi connectivity index (χ0) is 18.2. The van der Waals surface area contributed by atoms with E-state index in [2.05, 4.69) is 5.10 Å². The summed E-state index contributed by atoms with van der Waals surface area (Å²) < 4.78 is 40.4. The normalized spacial score (nSPS) is 20.9. The molecule has 3 rings (SSSR count). The van der Waals surface area contributed by atoms with Crippen molar-refractivity contribution in [3.8, 4) is 0 Å². The van der Waals surface area contributed by atoms with Gasteiger partial charge in [0.2, 0.25) is 5.91 Å². The second kappa shape index (κ2) is 6.51. The van der Waals surface area contributed by atoms with Crippen molar-refractivity contribution in [3.63, 3.8) is 0 Å². The molecule has 2 heterocycles. The van der Waals surface area contributed by atoms with Gasteiger partial charge in [0.15, 0.2) is 0 Å². The highest BCUT2D eigenvalue weighted by atomic mass is 19.4. The largest absolute Gasteiger partial charge is 0.416 e. The van der Waals surface area contributed by atoms with Gasteiger partial charge < -0.3 is 10.0 Å². The molecule has 0 radical (unpaired) electrons. The van der Waals surface area contributed by atoms with Crippen LogP contribution < -0.4 is 0 Å². The summed E-state index contributed by atoms with van der Waals surface area (Å²) in [6, 6.07) is 6.06. The third-order valence-corrected chi connectivity index (χ3v) is 4.30.